The van der Waals surface area contributed by atoms with E-state index in [0.29, 0.717) is 11.3 Å². The van der Waals surface area contributed by atoms with Gasteiger partial charge < -0.3 is 14.5 Å². The average Bonchev–Trinajstić information content (AvgIpc) is 3.24. The summed E-state index contributed by atoms with van der Waals surface area (Å²) in [6.07, 6.45) is 1.95. The van der Waals surface area contributed by atoms with Crippen LogP contribution in [0.3, 0.4) is 0 Å². The smallest absolute Gasteiger partial charge is 0.374 e. The van der Waals surface area contributed by atoms with Crippen LogP contribution in [0.15, 0.2) is 40.8 Å². The first-order valence-corrected chi connectivity index (χ1v) is 7.70. The van der Waals surface area contributed by atoms with Crippen LogP contribution >= 0.6 is 0 Å². The van der Waals surface area contributed by atoms with Crippen LogP contribution in [0.2, 0.25) is 0 Å². The fourth-order valence-corrected chi connectivity index (χ4v) is 2.17. The lowest BCUT2D eigenvalue weighted by atomic mass is 10.1. The molecule has 124 valence electrons. The molecule has 24 heavy (non-hydrogen) atoms. The standard InChI is InChI=1S/C18H17NO5/c1-11(20)12-2-4-13(5-3-12)15-8-9-16(24-15)18(22)23-10-17(21)19-14-6-7-14/h2-5,8-9,14H,6-7,10H2,1H3,(H,19,21). The number of rotatable bonds is 6. The van der Waals surface area contributed by atoms with Gasteiger partial charge in [0.25, 0.3) is 5.91 Å². The van der Waals surface area contributed by atoms with Crippen LogP contribution in [0.5, 0.6) is 0 Å². The fraction of sp³-hybridized carbons (Fsp3) is 0.278. The second-order valence-electron chi connectivity index (χ2n) is 5.72. The van der Waals surface area contributed by atoms with Gasteiger partial charge in [-0.1, -0.05) is 24.3 Å². The van der Waals surface area contributed by atoms with Gasteiger partial charge in [-0.05, 0) is 31.9 Å². The normalized spacial score (nSPS) is 13.4. The van der Waals surface area contributed by atoms with Crippen molar-refractivity contribution in [2.24, 2.45) is 0 Å². The molecule has 0 aliphatic heterocycles. The van der Waals surface area contributed by atoms with Crippen molar-refractivity contribution in [3.05, 3.63) is 47.7 Å². The van der Waals surface area contributed by atoms with Crippen LogP contribution in [0.4, 0.5) is 0 Å². The molecule has 1 saturated carbocycles. The van der Waals surface area contributed by atoms with Crippen molar-refractivity contribution in [2.45, 2.75) is 25.8 Å². The molecule has 1 aliphatic carbocycles. The van der Waals surface area contributed by atoms with Crippen molar-refractivity contribution in [2.75, 3.05) is 6.61 Å². The van der Waals surface area contributed by atoms with Gasteiger partial charge in [0.15, 0.2) is 12.4 Å². The number of esters is 1. The number of furan rings is 1. The number of ether oxygens (including phenoxy) is 1. The number of carbonyl (C=O) groups is 3. The van der Waals surface area contributed by atoms with Gasteiger partial charge in [0.2, 0.25) is 5.76 Å². The molecular weight excluding hydrogens is 310 g/mol. The Kier molecular flexibility index (Phi) is 4.46. The highest BCUT2D eigenvalue weighted by atomic mass is 16.5. The molecule has 1 aliphatic rings. The number of Topliss-reactive ketones (excluding diaryl/α,β-unsaturated/α-hetero) is 1. The van der Waals surface area contributed by atoms with Crippen LogP contribution in [0.1, 0.15) is 40.7 Å². The van der Waals surface area contributed by atoms with E-state index in [1.54, 1.807) is 30.3 Å². The largest absolute Gasteiger partial charge is 0.450 e. The lowest BCUT2D eigenvalue weighted by Crippen LogP contribution is -2.30. The molecule has 1 N–H and O–H groups in total. The molecule has 1 amide bonds. The monoisotopic (exact) mass is 327 g/mol. The van der Waals surface area contributed by atoms with E-state index in [-0.39, 0.29) is 30.1 Å². The lowest BCUT2D eigenvalue weighted by Gasteiger charge is -2.04. The zero-order valence-corrected chi connectivity index (χ0v) is 13.2. The first kappa shape index (κ1) is 16.0. The molecular formula is C18H17NO5. The zero-order valence-electron chi connectivity index (χ0n) is 13.2. The number of hydrogen-bond donors (Lipinski definition) is 1. The highest BCUT2D eigenvalue weighted by Gasteiger charge is 2.24. The van der Waals surface area contributed by atoms with Crippen molar-refractivity contribution in [3.63, 3.8) is 0 Å². The number of nitrogens with one attached hydrogen (secondary N) is 1. The first-order valence-electron chi connectivity index (χ1n) is 7.70. The number of benzene rings is 1. The Morgan fingerprint density at radius 1 is 1.12 bits per heavy atom. The third-order valence-electron chi connectivity index (χ3n) is 3.66. The van der Waals surface area contributed by atoms with Crippen LogP contribution in [-0.4, -0.2) is 30.3 Å². The SMILES string of the molecule is CC(=O)c1ccc(-c2ccc(C(=O)OCC(=O)NC3CC3)o2)cc1. The van der Waals surface area contributed by atoms with E-state index >= 15 is 0 Å². The van der Waals surface area contributed by atoms with Gasteiger partial charge in [-0.15, -0.1) is 0 Å². The molecule has 0 bridgehead atoms. The van der Waals surface area contributed by atoms with Crippen LogP contribution in [0, 0.1) is 0 Å². The van der Waals surface area contributed by atoms with Crippen molar-refractivity contribution >= 4 is 17.7 Å². The Hall–Kier alpha value is -2.89. The van der Waals surface area contributed by atoms with Crippen molar-refractivity contribution in [1.29, 1.82) is 0 Å². The van der Waals surface area contributed by atoms with Gasteiger partial charge in [-0.25, -0.2) is 4.79 Å². The number of hydrogen-bond acceptors (Lipinski definition) is 5. The van der Waals surface area contributed by atoms with Crippen molar-refractivity contribution in [1.82, 2.24) is 5.32 Å². The molecule has 1 aromatic heterocycles. The molecule has 6 nitrogen and oxygen atoms in total. The number of carbonyl (C=O) groups excluding carboxylic acids is 3. The van der Waals surface area contributed by atoms with Gasteiger partial charge in [0, 0.05) is 17.2 Å². The highest BCUT2D eigenvalue weighted by Crippen LogP contribution is 2.23. The molecule has 0 radical (unpaired) electrons. The summed E-state index contributed by atoms with van der Waals surface area (Å²) in [5.41, 5.74) is 1.34. The van der Waals surface area contributed by atoms with Gasteiger partial charge in [-0.2, -0.15) is 0 Å². The molecule has 0 spiro atoms. The predicted molar refractivity (Wildman–Crippen MR) is 85.6 cm³/mol. The first-order chi connectivity index (χ1) is 11.5. The van der Waals surface area contributed by atoms with Gasteiger partial charge in [0.05, 0.1) is 0 Å². The molecule has 1 heterocycles. The van der Waals surface area contributed by atoms with E-state index < -0.39 is 5.97 Å². The highest BCUT2D eigenvalue weighted by molar-refractivity contribution is 5.94. The van der Waals surface area contributed by atoms with E-state index in [1.165, 1.54) is 13.0 Å². The summed E-state index contributed by atoms with van der Waals surface area (Å²) >= 11 is 0. The third-order valence-corrected chi connectivity index (χ3v) is 3.66. The molecule has 1 aromatic carbocycles. The maximum absolute atomic E-state index is 11.9. The third kappa shape index (κ3) is 3.90. The van der Waals surface area contributed by atoms with Crippen molar-refractivity contribution < 1.29 is 23.5 Å². The number of ketones is 1. The molecule has 0 saturated heterocycles. The van der Waals surface area contributed by atoms with Crippen molar-refractivity contribution in [3.8, 4) is 11.3 Å². The maximum atomic E-state index is 11.9. The molecule has 6 heteroatoms. The summed E-state index contributed by atoms with van der Waals surface area (Å²) in [4.78, 5) is 34.7. The molecule has 0 unspecified atom stereocenters. The van der Waals surface area contributed by atoms with E-state index in [9.17, 15) is 14.4 Å². The Bertz CT molecular complexity index is 771. The summed E-state index contributed by atoms with van der Waals surface area (Å²) in [7, 11) is 0. The lowest BCUT2D eigenvalue weighted by molar-refractivity contribution is -0.124. The summed E-state index contributed by atoms with van der Waals surface area (Å²) in [6, 6.07) is 10.2. The molecule has 3 rings (SSSR count). The maximum Gasteiger partial charge on any atom is 0.374 e. The molecule has 2 aromatic rings. The second-order valence-corrected chi connectivity index (χ2v) is 5.72. The zero-order chi connectivity index (χ0) is 17.1. The summed E-state index contributed by atoms with van der Waals surface area (Å²) in [6.45, 7) is 1.17. The van der Waals surface area contributed by atoms with Crippen LogP contribution < -0.4 is 5.32 Å². The van der Waals surface area contributed by atoms with Crippen LogP contribution in [0.25, 0.3) is 11.3 Å². The Morgan fingerprint density at radius 3 is 2.46 bits per heavy atom. The van der Waals surface area contributed by atoms with E-state index in [0.717, 1.165) is 18.4 Å². The number of amides is 1. The molecule has 1 fully saturated rings. The summed E-state index contributed by atoms with van der Waals surface area (Å²) < 4.78 is 10.4. The quantitative estimate of drug-likeness (QED) is 0.651. The fourth-order valence-electron chi connectivity index (χ4n) is 2.17. The van der Waals surface area contributed by atoms with E-state index in [1.807, 2.05) is 0 Å². The Labute approximate surface area is 138 Å². The van der Waals surface area contributed by atoms with Gasteiger partial charge >= 0.3 is 5.97 Å². The minimum absolute atomic E-state index is 0.0188. The minimum Gasteiger partial charge on any atom is -0.450 e. The molecule has 0 atom stereocenters. The van der Waals surface area contributed by atoms with Gasteiger partial charge in [0.1, 0.15) is 5.76 Å². The second kappa shape index (κ2) is 6.70. The Morgan fingerprint density at radius 2 is 1.83 bits per heavy atom. The van der Waals surface area contributed by atoms with E-state index in [4.69, 9.17) is 9.15 Å². The van der Waals surface area contributed by atoms with Gasteiger partial charge in [-0.3, -0.25) is 9.59 Å². The summed E-state index contributed by atoms with van der Waals surface area (Å²) in [5, 5.41) is 2.73. The summed E-state index contributed by atoms with van der Waals surface area (Å²) in [5.74, 6) is -0.501. The van der Waals surface area contributed by atoms with Crippen LogP contribution in [-0.2, 0) is 9.53 Å². The average molecular weight is 327 g/mol. The topological polar surface area (TPSA) is 85.6 Å². The van der Waals surface area contributed by atoms with E-state index in [2.05, 4.69) is 5.32 Å². The Balaban J connectivity index is 1.60. The minimum atomic E-state index is -0.687. The predicted octanol–water partition coefficient (Wildman–Crippen LogP) is 2.58.